The van der Waals surface area contributed by atoms with Crippen LogP contribution in [0.1, 0.15) is 31.5 Å². The van der Waals surface area contributed by atoms with Crippen molar-refractivity contribution in [3.05, 3.63) is 41.8 Å². The Morgan fingerprint density at radius 2 is 2.08 bits per heavy atom. The summed E-state index contributed by atoms with van der Waals surface area (Å²) in [5, 5.41) is 15.9. The molecule has 0 unspecified atom stereocenters. The van der Waals surface area contributed by atoms with E-state index >= 15 is 0 Å². The van der Waals surface area contributed by atoms with Gasteiger partial charge < -0.3 is 9.84 Å². The van der Waals surface area contributed by atoms with Gasteiger partial charge in [-0.05, 0) is 30.7 Å². The minimum atomic E-state index is -0.271. The second-order valence-corrected chi connectivity index (χ2v) is 7.20. The number of aromatic nitrogens is 4. The van der Waals surface area contributed by atoms with Gasteiger partial charge in [0.05, 0.1) is 5.75 Å². The van der Waals surface area contributed by atoms with Gasteiger partial charge in [-0.2, -0.15) is 4.98 Å². The monoisotopic (exact) mass is 365 g/mol. The molecule has 0 fully saturated rings. The highest BCUT2D eigenvalue weighted by Gasteiger charge is 2.10. The lowest BCUT2D eigenvalue weighted by atomic mass is 10.2. The average molecular weight is 365 g/mol. The molecule has 9 heteroatoms. The molecule has 0 radical (unpaired) electrons. The Morgan fingerprint density at radius 1 is 1.25 bits per heavy atom. The number of hydrogen-bond acceptors (Lipinski definition) is 8. The molecule has 0 aliphatic rings. The Balaban J connectivity index is 1.52. The number of thioether (sulfide) groups is 1. The van der Waals surface area contributed by atoms with Crippen LogP contribution in [0, 0.1) is 5.82 Å². The standard InChI is InChI=1S/C15H16FN5OS2/c1-2-3-4-12-18-13(22-21-12)9-23-15-20-19-14(24-15)17-11-7-5-10(16)6-8-11/h5-8H,2-4,9H2,1H3,(H,17,19). The second-order valence-electron chi connectivity index (χ2n) is 5.00. The maximum Gasteiger partial charge on any atom is 0.237 e. The largest absolute Gasteiger partial charge is 0.338 e. The number of unbranched alkanes of at least 4 members (excludes halogenated alkanes) is 1. The van der Waals surface area contributed by atoms with Crippen molar-refractivity contribution in [3.63, 3.8) is 0 Å². The van der Waals surface area contributed by atoms with Gasteiger partial charge in [0.1, 0.15) is 5.82 Å². The predicted molar refractivity (Wildman–Crippen MR) is 92.1 cm³/mol. The van der Waals surface area contributed by atoms with Crippen LogP contribution in [-0.2, 0) is 12.2 Å². The van der Waals surface area contributed by atoms with Crippen LogP contribution in [0.3, 0.4) is 0 Å². The van der Waals surface area contributed by atoms with E-state index in [0.29, 0.717) is 16.8 Å². The van der Waals surface area contributed by atoms with Crippen molar-refractivity contribution in [2.75, 3.05) is 5.32 Å². The molecule has 2 aromatic heterocycles. The van der Waals surface area contributed by atoms with Gasteiger partial charge in [0.15, 0.2) is 10.2 Å². The quantitative estimate of drug-likeness (QED) is 0.591. The van der Waals surface area contributed by atoms with Crippen molar-refractivity contribution in [2.45, 2.75) is 36.3 Å². The second kappa shape index (κ2) is 8.20. The van der Waals surface area contributed by atoms with Crippen LogP contribution >= 0.6 is 23.1 Å². The molecular formula is C15H16FN5OS2. The third-order valence-electron chi connectivity index (χ3n) is 3.09. The van der Waals surface area contributed by atoms with E-state index in [-0.39, 0.29) is 5.82 Å². The zero-order chi connectivity index (χ0) is 16.8. The Morgan fingerprint density at radius 3 is 2.88 bits per heavy atom. The number of halogens is 1. The van der Waals surface area contributed by atoms with Crippen molar-refractivity contribution in [1.29, 1.82) is 0 Å². The highest BCUT2D eigenvalue weighted by atomic mass is 32.2. The van der Waals surface area contributed by atoms with Gasteiger partial charge in [-0.3, -0.25) is 0 Å². The fraction of sp³-hybridized carbons (Fsp3) is 0.333. The molecule has 3 rings (SSSR count). The highest BCUT2D eigenvalue weighted by Crippen LogP contribution is 2.29. The molecular weight excluding hydrogens is 349 g/mol. The molecule has 0 atom stereocenters. The zero-order valence-electron chi connectivity index (χ0n) is 13.0. The van der Waals surface area contributed by atoms with Crippen LogP contribution in [0.25, 0.3) is 0 Å². The number of rotatable bonds is 8. The lowest BCUT2D eigenvalue weighted by Gasteiger charge is -2.00. The van der Waals surface area contributed by atoms with Crippen molar-refractivity contribution in [2.24, 2.45) is 0 Å². The van der Waals surface area contributed by atoms with E-state index < -0.39 is 0 Å². The molecule has 1 N–H and O–H groups in total. The maximum atomic E-state index is 12.9. The fourth-order valence-electron chi connectivity index (χ4n) is 1.88. The van der Waals surface area contributed by atoms with Crippen LogP contribution in [-0.4, -0.2) is 20.3 Å². The molecule has 6 nitrogen and oxygen atoms in total. The topological polar surface area (TPSA) is 76.7 Å². The van der Waals surface area contributed by atoms with Gasteiger partial charge in [0, 0.05) is 12.1 Å². The molecule has 126 valence electrons. The number of benzene rings is 1. The van der Waals surface area contributed by atoms with Gasteiger partial charge in [-0.15, -0.1) is 10.2 Å². The molecule has 0 spiro atoms. The normalized spacial score (nSPS) is 10.9. The van der Waals surface area contributed by atoms with E-state index in [0.717, 1.165) is 35.1 Å². The summed E-state index contributed by atoms with van der Waals surface area (Å²) in [6.07, 6.45) is 3.00. The number of aryl methyl sites for hydroxylation is 1. The van der Waals surface area contributed by atoms with E-state index in [1.54, 1.807) is 12.1 Å². The van der Waals surface area contributed by atoms with Crippen molar-refractivity contribution < 1.29 is 8.91 Å². The van der Waals surface area contributed by atoms with Crippen LogP contribution < -0.4 is 5.32 Å². The first-order chi connectivity index (χ1) is 11.7. The molecule has 2 heterocycles. The highest BCUT2D eigenvalue weighted by molar-refractivity contribution is 8.00. The molecule has 24 heavy (non-hydrogen) atoms. The molecule has 1 aromatic carbocycles. The Bertz CT molecular complexity index is 774. The minimum Gasteiger partial charge on any atom is -0.338 e. The van der Waals surface area contributed by atoms with Crippen LogP contribution in [0.2, 0.25) is 0 Å². The molecule has 0 aliphatic carbocycles. The lowest BCUT2D eigenvalue weighted by molar-refractivity contribution is 0.384. The minimum absolute atomic E-state index is 0.271. The maximum absolute atomic E-state index is 12.9. The summed E-state index contributed by atoms with van der Waals surface area (Å²) in [4.78, 5) is 4.35. The molecule has 3 aromatic rings. The van der Waals surface area contributed by atoms with Crippen molar-refractivity contribution in [3.8, 4) is 0 Å². The summed E-state index contributed by atoms with van der Waals surface area (Å²) in [7, 11) is 0. The molecule has 0 bridgehead atoms. The zero-order valence-corrected chi connectivity index (χ0v) is 14.7. The van der Waals surface area contributed by atoms with Gasteiger partial charge in [-0.25, -0.2) is 4.39 Å². The third kappa shape index (κ3) is 4.75. The summed E-state index contributed by atoms with van der Waals surface area (Å²) in [6.45, 7) is 2.13. The van der Waals surface area contributed by atoms with Crippen molar-refractivity contribution in [1.82, 2.24) is 20.3 Å². The van der Waals surface area contributed by atoms with E-state index in [9.17, 15) is 4.39 Å². The number of hydrogen-bond donors (Lipinski definition) is 1. The van der Waals surface area contributed by atoms with Crippen molar-refractivity contribution >= 4 is 33.9 Å². The van der Waals surface area contributed by atoms with Crippen LogP contribution in [0.15, 0.2) is 33.1 Å². The van der Waals surface area contributed by atoms with Gasteiger partial charge in [-0.1, -0.05) is 41.6 Å². The first-order valence-electron chi connectivity index (χ1n) is 7.53. The Kier molecular flexibility index (Phi) is 5.76. The van der Waals surface area contributed by atoms with Gasteiger partial charge >= 0.3 is 0 Å². The van der Waals surface area contributed by atoms with Gasteiger partial charge in [0.25, 0.3) is 0 Å². The molecule has 0 amide bonds. The van der Waals surface area contributed by atoms with E-state index in [1.165, 1.54) is 35.2 Å². The van der Waals surface area contributed by atoms with Gasteiger partial charge in [0.2, 0.25) is 11.0 Å². The smallest absolute Gasteiger partial charge is 0.237 e. The number of anilines is 2. The number of nitrogens with zero attached hydrogens (tertiary/aromatic N) is 4. The Hall–Kier alpha value is -2.00. The third-order valence-corrected chi connectivity index (χ3v) is 5.04. The first kappa shape index (κ1) is 16.8. The first-order valence-corrected chi connectivity index (χ1v) is 9.33. The summed E-state index contributed by atoms with van der Waals surface area (Å²) in [6, 6.07) is 6.09. The molecule has 0 saturated heterocycles. The van der Waals surface area contributed by atoms with Crippen LogP contribution in [0.4, 0.5) is 15.2 Å². The summed E-state index contributed by atoms with van der Waals surface area (Å²) >= 11 is 2.91. The Labute approximate surface area is 146 Å². The summed E-state index contributed by atoms with van der Waals surface area (Å²) in [5.74, 6) is 1.63. The molecule has 0 aliphatic heterocycles. The average Bonchev–Trinajstić information content (AvgIpc) is 3.22. The van der Waals surface area contributed by atoms with E-state index in [1.807, 2.05) is 0 Å². The SMILES string of the molecule is CCCCc1noc(CSc2nnc(Nc3ccc(F)cc3)s2)n1. The van der Waals surface area contributed by atoms with E-state index in [4.69, 9.17) is 4.52 Å². The lowest BCUT2D eigenvalue weighted by Crippen LogP contribution is -1.89. The fourth-order valence-corrected chi connectivity index (χ4v) is 3.49. The summed E-state index contributed by atoms with van der Waals surface area (Å²) < 4.78 is 18.9. The molecule has 0 saturated carbocycles. The number of nitrogens with one attached hydrogen (secondary N) is 1. The van der Waals surface area contributed by atoms with E-state index in [2.05, 4.69) is 32.6 Å². The van der Waals surface area contributed by atoms with Crippen LogP contribution in [0.5, 0.6) is 0 Å². The summed E-state index contributed by atoms with van der Waals surface area (Å²) in [5.41, 5.74) is 0.765. The predicted octanol–water partition coefficient (Wildman–Crippen LogP) is 4.44.